The van der Waals surface area contributed by atoms with Gasteiger partial charge in [0.1, 0.15) is 0 Å². The molecule has 1 aliphatic carbocycles. The van der Waals surface area contributed by atoms with Crippen molar-refractivity contribution in [3.8, 4) is 11.3 Å². The molecule has 170 valence electrons. The molecule has 2 aliphatic rings. The molecule has 0 radical (unpaired) electrons. The van der Waals surface area contributed by atoms with E-state index in [1.165, 1.54) is 19.3 Å². The predicted octanol–water partition coefficient (Wildman–Crippen LogP) is 4.60. The first-order valence-electron chi connectivity index (χ1n) is 12.1. The number of benzene rings is 1. The number of carbonyl (C=O) groups is 2. The van der Waals surface area contributed by atoms with Gasteiger partial charge in [0.25, 0.3) is 5.91 Å². The van der Waals surface area contributed by atoms with E-state index in [2.05, 4.69) is 10.3 Å². The molecule has 1 atom stereocenters. The maximum Gasteiger partial charge on any atom is 0.254 e. The standard InChI is InChI=1S/C27H30N4O2/c32-26(29-21-8-2-1-3-9-21)20-7-6-16-31(18-20)27(33)23-17-25(19-12-14-28-15-13-19)30-24-11-5-4-10-22(23)24/h4-5,10-15,17,20-21H,1-3,6-9,16,18H2,(H,29,32). The molecule has 3 aromatic rings. The number of fused-ring (bicyclic) bond motifs is 1. The van der Waals surface area contributed by atoms with Crippen LogP contribution in [0.25, 0.3) is 22.2 Å². The number of aromatic nitrogens is 2. The maximum atomic E-state index is 13.7. The van der Waals surface area contributed by atoms with Crippen molar-refractivity contribution < 1.29 is 9.59 Å². The summed E-state index contributed by atoms with van der Waals surface area (Å²) in [5.41, 5.74) is 3.11. The molecule has 1 unspecified atom stereocenters. The number of rotatable bonds is 4. The smallest absolute Gasteiger partial charge is 0.254 e. The molecule has 1 saturated carbocycles. The number of hydrogen-bond acceptors (Lipinski definition) is 4. The monoisotopic (exact) mass is 442 g/mol. The Morgan fingerprint density at radius 2 is 1.73 bits per heavy atom. The van der Waals surface area contributed by atoms with E-state index in [0.717, 1.165) is 47.8 Å². The molecule has 6 nitrogen and oxygen atoms in total. The lowest BCUT2D eigenvalue weighted by Crippen LogP contribution is -2.48. The van der Waals surface area contributed by atoms with Gasteiger partial charge in [-0.05, 0) is 49.9 Å². The Morgan fingerprint density at radius 1 is 0.939 bits per heavy atom. The van der Waals surface area contributed by atoms with E-state index < -0.39 is 0 Å². The van der Waals surface area contributed by atoms with Crippen LogP contribution < -0.4 is 5.32 Å². The molecule has 2 aromatic heterocycles. The first-order valence-corrected chi connectivity index (χ1v) is 12.1. The first kappa shape index (κ1) is 21.6. The highest BCUT2D eigenvalue weighted by atomic mass is 16.2. The topological polar surface area (TPSA) is 75.2 Å². The highest BCUT2D eigenvalue weighted by Gasteiger charge is 2.31. The number of carbonyl (C=O) groups excluding carboxylic acids is 2. The van der Waals surface area contributed by atoms with Crippen molar-refractivity contribution in [3.05, 3.63) is 60.4 Å². The van der Waals surface area contributed by atoms with Gasteiger partial charge in [-0.1, -0.05) is 37.5 Å². The third-order valence-corrected chi connectivity index (χ3v) is 6.95. The average Bonchev–Trinajstić information content (AvgIpc) is 2.89. The Morgan fingerprint density at radius 3 is 2.55 bits per heavy atom. The lowest BCUT2D eigenvalue weighted by Gasteiger charge is -2.33. The number of hydrogen-bond donors (Lipinski definition) is 1. The van der Waals surface area contributed by atoms with Gasteiger partial charge >= 0.3 is 0 Å². The molecule has 6 heteroatoms. The minimum absolute atomic E-state index is 0.0286. The van der Waals surface area contributed by atoms with Crippen molar-refractivity contribution in [1.29, 1.82) is 0 Å². The van der Waals surface area contributed by atoms with E-state index in [0.29, 0.717) is 24.7 Å². The van der Waals surface area contributed by atoms with Crippen molar-refractivity contribution in [1.82, 2.24) is 20.2 Å². The Balaban J connectivity index is 1.39. The average molecular weight is 443 g/mol. The zero-order valence-electron chi connectivity index (χ0n) is 18.9. The third-order valence-electron chi connectivity index (χ3n) is 6.95. The molecular weight excluding hydrogens is 412 g/mol. The summed E-state index contributed by atoms with van der Waals surface area (Å²) in [5.74, 6) is -0.0621. The van der Waals surface area contributed by atoms with Gasteiger partial charge in [0.15, 0.2) is 0 Å². The van der Waals surface area contributed by atoms with E-state index in [4.69, 9.17) is 4.98 Å². The van der Waals surface area contributed by atoms with Crippen molar-refractivity contribution in [2.24, 2.45) is 5.92 Å². The SMILES string of the molecule is O=C(NC1CCCCC1)C1CCCN(C(=O)c2cc(-c3ccncc3)nc3ccccc23)C1. The van der Waals surface area contributed by atoms with Crippen LogP contribution in [0.15, 0.2) is 54.9 Å². The maximum absolute atomic E-state index is 13.7. The molecule has 5 rings (SSSR count). The van der Waals surface area contributed by atoms with Gasteiger partial charge < -0.3 is 10.2 Å². The Labute approximate surface area is 194 Å². The fraction of sp³-hybridized carbons (Fsp3) is 0.407. The molecular formula is C27H30N4O2. The molecule has 1 N–H and O–H groups in total. The second-order valence-electron chi connectivity index (χ2n) is 9.24. The fourth-order valence-corrected chi connectivity index (χ4v) is 5.13. The molecule has 33 heavy (non-hydrogen) atoms. The molecule has 0 bridgehead atoms. The van der Waals surface area contributed by atoms with Crippen LogP contribution in [0.3, 0.4) is 0 Å². The Hall–Kier alpha value is -3.28. The minimum atomic E-state index is -0.141. The third kappa shape index (κ3) is 4.75. The van der Waals surface area contributed by atoms with Gasteiger partial charge in [0.05, 0.1) is 22.7 Å². The number of para-hydroxylation sites is 1. The summed E-state index contributed by atoms with van der Waals surface area (Å²) in [6, 6.07) is 13.7. The highest BCUT2D eigenvalue weighted by Crippen LogP contribution is 2.27. The normalized spacial score (nSPS) is 19.4. The number of amides is 2. The van der Waals surface area contributed by atoms with E-state index in [1.54, 1.807) is 12.4 Å². The van der Waals surface area contributed by atoms with Crippen LogP contribution in [0.2, 0.25) is 0 Å². The quantitative estimate of drug-likeness (QED) is 0.641. The van der Waals surface area contributed by atoms with Crippen LogP contribution in [0, 0.1) is 5.92 Å². The lowest BCUT2D eigenvalue weighted by molar-refractivity contribution is -0.127. The molecule has 1 saturated heterocycles. The summed E-state index contributed by atoms with van der Waals surface area (Å²) < 4.78 is 0. The molecule has 3 heterocycles. The van der Waals surface area contributed by atoms with Gasteiger partial charge in [0.2, 0.25) is 5.91 Å². The minimum Gasteiger partial charge on any atom is -0.353 e. The number of nitrogens with zero attached hydrogens (tertiary/aromatic N) is 3. The number of piperidine rings is 1. The molecule has 1 aromatic carbocycles. The van der Waals surface area contributed by atoms with E-state index in [9.17, 15) is 9.59 Å². The Kier molecular flexibility index (Phi) is 6.33. The summed E-state index contributed by atoms with van der Waals surface area (Å²) >= 11 is 0. The van der Waals surface area contributed by atoms with Crippen molar-refractivity contribution in [3.63, 3.8) is 0 Å². The van der Waals surface area contributed by atoms with Crippen LogP contribution in [0.1, 0.15) is 55.3 Å². The molecule has 2 fully saturated rings. The van der Waals surface area contributed by atoms with Gasteiger partial charge in [-0.2, -0.15) is 0 Å². The predicted molar refractivity (Wildman–Crippen MR) is 129 cm³/mol. The van der Waals surface area contributed by atoms with Gasteiger partial charge in [0, 0.05) is 42.5 Å². The summed E-state index contributed by atoms with van der Waals surface area (Å²) in [6.45, 7) is 1.14. The number of likely N-dealkylation sites (tertiary alicyclic amines) is 1. The molecule has 1 aliphatic heterocycles. The van der Waals surface area contributed by atoms with Gasteiger partial charge in [-0.15, -0.1) is 0 Å². The van der Waals surface area contributed by atoms with Crippen LogP contribution >= 0.6 is 0 Å². The van der Waals surface area contributed by atoms with Crippen LogP contribution in [-0.4, -0.2) is 45.8 Å². The summed E-state index contributed by atoms with van der Waals surface area (Å²) in [7, 11) is 0. The van der Waals surface area contributed by atoms with E-state index >= 15 is 0 Å². The number of pyridine rings is 2. The highest BCUT2D eigenvalue weighted by molar-refractivity contribution is 6.07. The fourth-order valence-electron chi connectivity index (χ4n) is 5.13. The lowest BCUT2D eigenvalue weighted by atomic mass is 9.92. The van der Waals surface area contributed by atoms with Crippen LogP contribution in [0.4, 0.5) is 0 Å². The summed E-state index contributed by atoms with van der Waals surface area (Å²) in [6.07, 6.45) is 10.9. The van der Waals surface area contributed by atoms with Crippen molar-refractivity contribution in [2.75, 3.05) is 13.1 Å². The van der Waals surface area contributed by atoms with E-state index in [1.807, 2.05) is 47.4 Å². The van der Waals surface area contributed by atoms with Crippen LogP contribution in [-0.2, 0) is 4.79 Å². The number of nitrogens with one attached hydrogen (secondary N) is 1. The van der Waals surface area contributed by atoms with Crippen molar-refractivity contribution in [2.45, 2.75) is 51.0 Å². The van der Waals surface area contributed by atoms with Crippen molar-refractivity contribution >= 4 is 22.7 Å². The van der Waals surface area contributed by atoms with Crippen LogP contribution in [0.5, 0.6) is 0 Å². The first-order chi connectivity index (χ1) is 16.2. The van der Waals surface area contributed by atoms with Gasteiger partial charge in [-0.3, -0.25) is 14.6 Å². The zero-order chi connectivity index (χ0) is 22.6. The van der Waals surface area contributed by atoms with Gasteiger partial charge in [-0.25, -0.2) is 4.98 Å². The summed E-state index contributed by atoms with van der Waals surface area (Å²) in [5, 5.41) is 4.10. The second-order valence-corrected chi connectivity index (χ2v) is 9.24. The largest absolute Gasteiger partial charge is 0.353 e. The Bertz CT molecular complexity index is 1140. The molecule has 0 spiro atoms. The summed E-state index contributed by atoms with van der Waals surface area (Å²) in [4.78, 5) is 37.4. The zero-order valence-corrected chi connectivity index (χ0v) is 18.9. The van der Waals surface area contributed by atoms with E-state index in [-0.39, 0.29) is 17.7 Å². The second kappa shape index (κ2) is 9.69. The molecule has 2 amide bonds.